The number of fused-ring (bicyclic) bond motifs is 1. The smallest absolute Gasteiger partial charge is 0.326 e. The van der Waals surface area contributed by atoms with E-state index in [0.29, 0.717) is 18.4 Å². The van der Waals surface area contributed by atoms with Crippen LogP contribution in [-0.2, 0) is 30.4 Å². The van der Waals surface area contributed by atoms with Gasteiger partial charge in [-0.25, -0.2) is 4.79 Å². The molecule has 4 atom stereocenters. The Bertz CT molecular complexity index is 1160. The monoisotopic (exact) mass is 517 g/mol. The number of nitrogens with one attached hydrogen (secondary N) is 3. The minimum Gasteiger partial charge on any atom is -0.481 e. The van der Waals surface area contributed by atoms with Crippen LogP contribution in [0.2, 0.25) is 0 Å². The number of H-pyrrole nitrogens is 1. The van der Waals surface area contributed by atoms with E-state index in [1.54, 1.807) is 12.3 Å². The SMILES string of the molecule is NC(CCC(=O)O)C(=O)N1CCCC1C(=O)NC(CO)C(=O)NC(Cc1c[nH]c2ccccc12)C(=O)O. The Labute approximate surface area is 212 Å². The Balaban J connectivity index is 1.63. The van der Waals surface area contributed by atoms with Crippen molar-refractivity contribution in [3.8, 4) is 0 Å². The van der Waals surface area contributed by atoms with Crippen LogP contribution in [-0.4, -0.2) is 92.2 Å². The van der Waals surface area contributed by atoms with Gasteiger partial charge in [0.15, 0.2) is 0 Å². The van der Waals surface area contributed by atoms with E-state index in [-0.39, 0.29) is 25.8 Å². The number of aromatic nitrogens is 1. The predicted molar refractivity (Wildman–Crippen MR) is 130 cm³/mol. The Kier molecular flexibility index (Phi) is 9.20. The van der Waals surface area contributed by atoms with E-state index in [0.717, 1.165) is 10.9 Å². The number of carbonyl (C=O) groups is 5. The number of amides is 3. The summed E-state index contributed by atoms with van der Waals surface area (Å²) in [6.45, 7) is -0.560. The lowest BCUT2D eigenvalue weighted by Crippen LogP contribution is -2.57. The van der Waals surface area contributed by atoms with Gasteiger partial charge in [0.2, 0.25) is 17.7 Å². The molecule has 1 aliphatic rings. The van der Waals surface area contributed by atoms with E-state index in [1.807, 2.05) is 18.2 Å². The van der Waals surface area contributed by atoms with Crippen LogP contribution in [0.3, 0.4) is 0 Å². The van der Waals surface area contributed by atoms with Gasteiger partial charge in [0.25, 0.3) is 0 Å². The number of carbonyl (C=O) groups excluding carboxylic acids is 3. The molecular formula is C24H31N5O8. The Hall–Kier alpha value is -3.97. The number of benzene rings is 1. The van der Waals surface area contributed by atoms with Crippen LogP contribution < -0.4 is 16.4 Å². The third-order valence-corrected chi connectivity index (χ3v) is 6.35. The number of hydrogen-bond acceptors (Lipinski definition) is 7. The molecule has 13 nitrogen and oxygen atoms in total. The lowest BCUT2D eigenvalue weighted by atomic mass is 10.0. The zero-order valence-electron chi connectivity index (χ0n) is 20.1. The average Bonchev–Trinajstić information content (AvgIpc) is 3.52. The van der Waals surface area contributed by atoms with Gasteiger partial charge in [-0.1, -0.05) is 18.2 Å². The molecule has 1 saturated heterocycles. The normalized spacial score (nSPS) is 17.7. The second kappa shape index (κ2) is 12.3. The molecule has 0 saturated carbocycles. The molecule has 0 bridgehead atoms. The second-order valence-electron chi connectivity index (χ2n) is 8.94. The highest BCUT2D eigenvalue weighted by Crippen LogP contribution is 2.20. The maximum Gasteiger partial charge on any atom is 0.326 e. The fourth-order valence-corrected chi connectivity index (χ4v) is 4.37. The second-order valence-corrected chi connectivity index (χ2v) is 8.94. The van der Waals surface area contributed by atoms with Crippen LogP contribution in [0, 0.1) is 0 Å². The molecule has 1 aliphatic heterocycles. The summed E-state index contributed by atoms with van der Waals surface area (Å²) in [5, 5.41) is 33.8. The van der Waals surface area contributed by atoms with E-state index >= 15 is 0 Å². The van der Waals surface area contributed by atoms with E-state index in [9.17, 15) is 34.2 Å². The molecule has 0 aliphatic carbocycles. The van der Waals surface area contributed by atoms with Gasteiger partial charge in [-0.2, -0.15) is 0 Å². The maximum atomic E-state index is 12.9. The lowest BCUT2D eigenvalue weighted by Gasteiger charge is -2.28. The van der Waals surface area contributed by atoms with Gasteiger partial charge in [-0.3, -0.25) is 19.2 Å². The molecule has 0 spiro atoms. The highest BCUT2D eigenvalue weighted by molar-refractivity contribution is 5.94. The van der Waals surface area contributed by atoms with Gasteiger partial charge in [0.1, 0.15) is 18.1 Å². The van der Waals surface area contributed by atoms with Crippen LogP contribution >= 0.6 is 0 Å². The van der Waals surface area contributed by atoms with Crippen molar-refractivity contribution >= 4 is 40.6 Å². The van der Waals surface area contributed by atoms with Crippen molar-refractivity contribution < 1.29 is 39.3 Å². The third kappa shape index (κ3) is 6.83. The zero-order chi connectivity index (χ0) is 27.1. The van der Waals surface area contributed by atoms with Crippen LogP contribution in [0.15, 0.2) is 30.5 Å². The molecular weight excluding hydrogens is 486 g/mol. The third-order valence-electron chi connectivity index (χ3n) is 6.35. The Morgan fingerprint density at radius 1 is 1.11 bits per heavy atom. The summed E-state index contributed by atoms with van der Waals surface area (Å²) in [5.74, 6) is -4.55. The van der Waals surface area contributed by atoms with Gasteiger partial charge >= 0.3 is 11.9 Å². The highest BCUT2D eigenvalue weighted by atomic mass is 16.4. The average molecular weight is 518 g/mol. The highest BCUT2D eigenvalue weighted by Gasteiger charge is 2.38. The number of rotatable bonds is 12. The minimum atomic E-state index is -1.45. The molecule has 13 heteroatoms. The number of aliphatic hydroxyl groups is 1. The van der Waals surface area contributed by atoms with E-state index in [1.165, 1.54) is 4.90 Å². The number of aromatic amines is 1. The van der Waals surface area contributed by atoms with E-state index in [2.05, 4.69) is 15.6 Å². The summed E-state index contributed by atoms with van der Waals surface area (Å²) in [7, 11) is 0. The van der Waals surface area contributed by atoms with Gasteiger partial charge in [0, 0.05) is 36.5 Å². The largest absolute Gasteiger partial charge is 0.481 e. The van der Waals surface area contributed by atoms with Crippen molar-refractivity contribution in [3.63, 3.8) is 0 Å². The first-order chi connectivity index (χ1) is 17.6. The van der Waals surface area contributed by atoms with Crippen molar-refractivity contribution in [2.45, 2.75) is 56.3 Å². The molecule has 0 radical (unpaired) electrons. The topological polar surface area (TPSA) is 215 Å². The van der Waals surface area contributed by atoms with Crippen molar-refractivity contribution in [1.29, 1.82) is 0 Å². The number of para-hydroxylation sites is 1. The summed E-state index contributed by atoms with van der Waals surface area (Å²) in [5.41, 5.74) is 7.29. The minimum absolute atomic E-state index is 0.0314. The maximum absolute atomic E-state index is 12.9. The summed E-state index contributed by atoms with van der Waals surface area (Å²) >= 11 is 0. The van der Waals surface area contributed by atoms with Crippen molar-refractivity contribution in [2.24, 2.45) is 5.73 Å². The predicted octanol–water partition coefficient (Wildman–Crippen LogP) is -1.06. The zero-order valence-corrected chi connectivity index (χ0v) is 20.1. The first-order valence-electron chi connectivity index (χ1n) is 11.9. The van der Waals surface area contributed by atoms with Crippen LogP contribution in [0.25, 0.3) is 10.9 Å². The molecule has 3 amide bonds. The molecule has 8 N–H and O–H groups in total. The molecule has 1 fully saturated rings. The van der Waals surface area contributed by atoms with Crippen molar-refractivity contribution in [3.05, 3.63) is 36.0 Å². The number of nitrogens with two attached hydrogens (primary N) is 1. The summed E-state index contributed by atoms with van der Waals surface area (Å²) in [6, 6.07) is 2.47. The number of aliphatic carboxylic acids is 2. The standard InChI is InChI=1S/C24H31N5O8/c25-15(7-8-20(31)32)23(35)29-9-3-6-19(29)22(34)28-18(12-30)21(33)27-17(24(36)37)10-13-11-26-16-5-2-1-4-14(13)16/h1-2,4-5,11,15,17-19,26,30H,3,6-10,12,25H2,(H,27,33)(H,28,34)(H,31,32)(H,36,37). The first-order valence-corrected chi connectivity index (χ1v) is 11.9. The van der Waals surface area contributed by atoms with Crippen LogP contribution in [0.4, 0.5) is 0 Å². The Morgan fingerprint density at radius 3 is 2.51 bits per heavy atom. The number of hydrogen-bond donors (Lipinski definition) is 7. The summed E-state index contributed by atoms with van der Waals surface area (Å²) in [4.78, 5) is 65.2. The van der Waals surface area contributed by atoms with E-state index < -0.39 is 60.4 Å². The lowest BCUT2D eigenvalue weighted by molar-refractivity contribution is -0.143. The number of nitrogens with zero attached hydrogens (tertiary/aromatic N) is 1. The van der Waals surface area contributed by atoms with Gasteiger partial charge in [-0.15, -0.1) is 0 Å². The quantitative estimate of drug-likeness (QED) is 0.182. The molecule has 2 heterocycles. The van der Waals surface area contributed by atoms with E-state index in [4.69, 9.17) is 10.8 Å². The van der Waals surface area contributed by atoms with Gasteiger partial charge in [-0.05, 0) is 30.9 Å². The molecule has 1 aromatic heterocycles. The Morgan fingerprint density at radius 2 is 1.84 bits per heavy atom. The van der Waals surface area contributed by atoms with Crippen molar-refractivity contribution in [2.75, 3.05) is 13.2 Å². The number of carboxylic acid groups (broad SMARTS) is 2. The number of aliphatic hydroxyl groups excluding tert-OH is 1. The summed E-state index contributed by atoms with van der Waals surface area (Å²) < 4.78 is 0. The fourth-order valence-electron chi connectivity index (χ4n) is 4.37. The molecule has 200 valence electrons. The number of carboxylic acids is 2. The first kappa shape index (κ1) is 27.6. The van der Waals surface area contributed by atoms with Gasteiger partial charge < -0.3 is 41.6 Å². The van der Waals surface area contributed by atoms with Crippen LogP contribution in [0.1, 0.15) is 31.2 Å². The number of likely N-dealkylation sites (tertiary alicyclic amines) is 1. The molecule has 1 aromatic carbocycles. The fraction of sp³-hybridized carbons (Fsp3) is 0.458. The molecule has 37 heavy (non-hydrogen) atoms. The van der Waals surface area contributed by atoms with Crippen LogP contribution in [0.5, 0.6) is 0 Å². The molecule has 3 rings (SSSR count). The molecule has 2 aromatic rings. The van der Waals surface area contributed by atoms with Crippen molar-refractivity contribution in [1.82, 2.24) is 20.5 Å². The van der Waals surface area contributed by atoms with Gasteiger partial charge in [0.05, 0.1) is 12.6 Å². The summed E-state index contributed by atoms with van der Waals surface area (Å²) in [6.07, 6.45) is 2.03. The molecule has 4 unspecified atom stereocenters.